The molecular weight excluding hydrogens is 597 g/mol. The minimum Gasteiger partial charge on any atom is -0.494 e. The van der Waals surface area contributed by atoms with E-state index in [4.69, 9.17) is 27.9 Å². The Hall–Kier alpha value is -3.27. The molecule has 3 aromatic rings. The summed E-state index contributed by atoms with van der Waals surface area (Å²) in [4.78, 5) is 28.6. The molecule has 0 aromatic heterocycles. The van der Waals surface area contributed by atoms with Gasteiger partial charge in [-0.2, -0.15) is 0 Å². The van der Waals surface area contributed by atoms with E-state index >= 15 is 0 Å². The lowest BCUT2D eigenvalue weighted by Crippen LogP contribution is -2.52. The third kappa shape index (κ3) is 8.40. The van der Waals surface area contributed by atoms with Gasteiger partial charge in [-0.05, 0) is 88.2 Å². The first-order valence-corrected chi connectivity index (χ1v) is 15.9. The molecule has 0 heterocycles. The first kappa shape index (κ1) is 33.2. The smallest absolute Gasteiger partial charge is 0.264 e. The zero-order valence-corrected chi connectivity index (χ0v) is 26.8. The third-order valence-corrected chi connectivity index (χ3v) is 9.36. The number of hydrogen-bond donors (Lipinski definition) is 1. The van der Waals surface area contributed by atoms with Gasteiger partial charge in [0.2, 0.25) is 11.8 Å². The second-order valence-electron chi connectivity index (χ2n) is 10.0. The van der Waals surface area contributed by atoms with E-state index in [1.165, 1.54) is 17.0 Å². The molecule has 0 radical (unpaired) electrons. The van der Waals surface area contributed by atoms with E-state index in [-0.39, 0.29) is 29.1 Å². The number of amides is 2. The molecule has 3 aromatic carbocycles. The normalized spacial score (nSPS) is 12.7. The summed E-state index contributed by atoms with van der Waals surface area (Å²) in [7, 11) is -4.17. The van der Waals surface area contributed by atoms with Crippen LogP contribution in [0.25, 0.3) is 0 Å². The van der Waals surface area contributed by atoms with Crippen molar-refractivity contribution in [3.63, 3.8) is 0 Å². The van der Waals surface area contributed by atoms with Crippen LogP contribution in [0.2, 0.25) is 10.0 Å². The maximum atomic E-state index is 14.0. The average Bonchev–Trinajstić information content (AvgIpc) is 2.96. The van der Waals surface area contributed by atoms with Gasteiger partial charge in [-0.1, -0.05) is 53.9 Å². The quantitative estimate of drug-likeness (QED) is 0.241. The van der Waals surface area contributed by atoms with Gasteiger partial charge in [-0.25, -0.2) is 8.42 Å². The number of carbonyl (C=O) groups excluding carboxylic acids is 2. The van der Waals surface area contributed by atoms with Gasteiger partial charge in [0.25, 0.3) is 10.0 Å². The molecule has 0 saturated heterocycles. The van der Waals surface area contributed by atoms with Crippen LogP contribution < -0.4 is 14.4 Å². The van der Waals surface area contributed by atoms with Crippen molar-refractivity contribution in [1.82, 2.24) is 10.2 Å². The summed E-state index contributed by atoms with van der Waals surface area (Å²) in [6.45, 7) is 9.04. The van der Waals surface area contributed by atoms with Gasteiger partial charge < -0.3 is 15.0 Å². The lowest BCUT2D eigenvalue weighted by molar-refractivity contribution is -0.139. The number of sulfonamides is 1. The highest BCUT2D eigenvalue weighted by molar-refractivity contribution is 7.92. The van der Waals surface area contributed by atoms with E-state index < -0.39 is 28.5 Å². The molecule has 0 aliphatic rings. The number of anilines is 1. The molecule has 2 amide bonds. The number of rotatable bonds is 13. The van der Waals surface area contributed by atoms with Gasteiger partial charge in [-0.3, -0.25) is 13.9 Å². The van der Waals surface area contributed by atoms with Crippen LogP contribution in [-0.4, -0.2) is 50.4 Å². The van der Waals surface area contributed by atoms with Crippen LogP contribution in [0.4, 0.5) is 5.69 Å². The fraction of sp³-hybridized carbons (Fsp3) is 0.355. The van der Waals surface area contributed by atoms with Crippen molar-refractivity contribution >= 4 is 50.7 Å². The lowest BCUT2D eigenvalue weighted by Gasteiger charge is -2.32. The molecular formula is C31H37Cl2N3O5S. The number of ether oxygens (including phenoxy) is 1. The SMILES string of the molecule is CCOc1ccc(N(CC(=O)N(Cc2ccc(Cl)c(Cl)c2)[C@H](C)C(=O)N[C@H](C)CC)S(=O)(=O)c2ccc(C)cc2)cc1. The largest absolute Gasteiger partial charge is 0.494 e. The number of hydrogen-bond acceptors (Lipinski definition) is 5. The number of halogens is 2. The molecule has 0 spiro atoms. The molecule has 226 valence electrons. The molecule has 0 bridgehead atoms. The van der Waals surface area contributed by atoms with Crippen molar-refractivity contribution < 1.29 is 22.7 Å². The Morgan fingerprint density at radius 3 is 2.14 bits per heavy atom. The highest BCUT2D eigenvalue weighted by Crippen LogP contribution is 2.28. The zero-order valence-electron chi connectivity index (χ0n) is 24.4. The van der Waals surface area contributed by atoms with Crippen LogP contribution in [0.15, 0.2) is 71.6 Å². The Bertz CT molecular complexity index is 1480. The second-order valence-corrected chi connectivity index (χ2v) is 12.7. The Morgan fingerprint density at radius 1 is 0.929 bits per heavy atom. The summed E-state index contributed by atoms with van der Waals surface area (Å²) in [5, 5.41) is 3.57. The van der Waals surface area contributed by atoms with Gasteiger partial charge in [0.1, 0.15) is 18.3 Å². The van der Waals surface area contributed by atoms with Crippen molar-refractivity contribution in [2.45, 2.75) is 64.6 Å². The van der Waals surface area contributed by atoms with Gasteiger partial charge in [0.05, 0.1) is 27.2 Å². The summed E-state index contributed by atoms with van der Waals surface area (Å²) in [5.41, 5.74) is 1.81. The van der Waals surface area contributed by atoms with Gasteiger partial charge >= 0.3 is 0 Å². The maximum absolute atomic E-state index is 14.0. The number of carbonyl (C=O) groups is 2. The molecule has 0 aliphatic heterocycles. The number of aryl methyl sites for hydroxylation is 1. The van der Waals surface area contributed by atoms with Crippen LogP contribution in [-0.2, 0) is 26.2 Å². The third-order valence-electron chi connectivity index (χ3n) is 6.83. The summed E-state index contributed by atoms with van der Waals surface area (Å²) < 4.78 is 34.5. The first-order valence-electron chi connectivity index (χ1n) is 13.7. The van der Waals surface area contributed by atoms with Crippen molar-refractivity contribution in [2.24, 2.45) is 0 Å². The summed E-state index contributed by atoms with van der Waals surface area (Å²) in [5.74, 6) is -0.360. The molecule has 11 heteroatoms. The fourth-order valence-electron chi connectivity index (χ4n) is 4.12. The summed E-state index contributed by atoms with van der Waals surface area (Å²) in [6.07, 6.45) is 0.708. The number of nitrogens with zero attached hydrogens (tertiary/aromatic N) is 2. The molecule has 42 heavy (non-hydrogen) atoms. The number of benzene rings is 3. The summed E-state index contributed by atoms with van der Waals surface area (Å²) in [6, 6.07) is 16.8. The fourth-order valence-corrected chi connectivity index (χ4v) is 5.86. The van der Waals surface area contributed by atoms with E-state index in [9.17, 15) is 18.0 Å². The van der Waals surface area contributed by atoms with Crippen LogP contribution in [0.1, 0.15) is 45.2 Å². The Labute approximate surface area is 258 Å². The summed E-state index contributed by atoms with van der Waals surface area (Å²) >= 11 is 12.3. The van der Waals surface area contributed by atoms with Crippen molar-refractivity contribution in [3.8, 4) is 5.75 Å². The van der Waals surface area contributed by atoms with E-state index in [1.54, 1.807) is 61.5 Å². The van der Waals surface area contributed by atoms with Crippen molar-refractivity contribution in [2.75, 3.05) is 17.5 Å². The molecule has 8 nitrogen and oxygen atoms in total. The molecule has 0 unspecified atom stereocenters. The number of nitrogens with one attached hydrogen (secondary N) is 1. The molecule has 3 rings (SSSR count). The lowest BCUT2D eigenvalue weighted by atomic mass is 10.1. The van der Waals surface area contributed by atoms with E-state index in [1.807, 2.05) is 27.7 Å². The Balaban J connectivity index is 2.04. The minimum atomic E-state index is -4.17. The molecule has 0 aliphatic carbocycles. The first-order chi connectivity index (χ1) is 19.9. The predicted molar refractivity (Wildman–Crippen MR) is 168 cm³/mol. The standard InChI is InChI=1S/C31H37Cl2N3O5S/c1-6-22(4)34-31(38)23(5)35(19-24-10-17-28(32)29(33)18-24)30(37)20-36(25-11-13-26(14-12-25)41-7-2)42(39,40)27-15-8-21(3)9-16-27/h8-18,22-23H,6-7,19-20H2,1-5H3,(H,34,38)/t22-,23-/m1/s1. The average molecular weight is 635 g/mol. The van der Waals surface area contributed by atoms with Crippen LogP contribution >= 0.6 is 23.2 Å². The van der Waals surface area contributed by atoms with Crippen molar-refractivity contribution in [1.29, 1.82) is 0 Å². The molecule has 0 saturated carbocycles. The zero-order chi connectivity index (χ0) is 31.0. The topological polar surface area (TPSA) is 96.0 Å². The highest BCUT2D eigenvalue weighted by atomic mass is 35.5. The molecule has 0 fully saturated rings. The van der Waals surface area contributed by atoms with Crippen molar-refractivity contribution in [3.05, 3.63) is 87.9 Å². The molecule has 1 N–H and O–H groups in total. The maximum Gasteiger partial charge on any atom is 0.264 e. The molecule has 2 atom stereocenters. The van der Waals surface area contributed by atoms with E-state index in [0.29, 0.717) is 34.4 Å². The predicted octanol–water partition coefficient (Wildman–Crippen LogP) is 6.23. The highest BCUT2D eigenvalue weighted by Gasteiger charge is 2.33. The van der Waals surface area contributed by atoms with Gasteiger partial charge in [0, 0.05) is 12.6 Å². The Kier molecular flexibility index (Phi) is 11.7. The minimum absolute atomic E-state index is 0.00646. The second kappa shape index (κ2) is 14.8. The van der Waals surface area contributed by atoms with E-state index in [2.05, 4.69) is 5.32 Å². The van der Waals surface area contributed by atoms with E-state index in [0.717, 1.165) is 9.87 Å². The van der Waals surface area contributed by atoms with Crippen LogP contribution in [0.5, 0.6) is 5.75 Å². The van der Waals surface area contributed by atoms with Crippen LogP contribution in [0, 0.1) is 6.92 Å². The Morgan fingerprint density at radius 2 is 1.57 bits per heavy atom. The van der Waals surface area contributed by atoms with Crippen LogP contribution in [0.3, 0.4) is 0 Å². The monoisotopic (exact) mass is 633 g/mol. The van der Waals surface area contributed by atoms with Gasteiger partial charge in [-0.15, -0.1) is 0 Å². The van der Waals surface area contributed by atoms with Gasteiger partial charge in [0.15, 0.2) is 0 Å².